The van der Waals surface area contributed by atoms with Crippen LogP contribution in [0.2, 0.25) is 0 Å². The Morgan fingerprint density at radius 2 is 2.20 bits per heavy atom. The van der Waals surface area contributed by atoms with Crippen molar-refractivity contribution in [1.29, 1.82) is 5.26 Å². The monoisotopic (exact) mass is 278 g/mol. The highest BCUT2D eigenvalue weighted by Crippen LogP contribution is 2.28. The van der Waals surface area contributed by atoms with E-state index in [9.17, 15) is 15.2 Å². The molecule has 0 aliphatic rings. The molecule has 20 heavy (non-hydrogen) atoms. The summed E-state index contributed by atoms with van der Waals surface area (Å²) >= 11 is 0. The summed E-state index contributed by atoms with van der Waals surface area (Å²) in [5.41, 5.74) is -0.423. The Kier molecular flexibility index (Phi) is 5.41. The maximum absolute atomic E-state index is 11.0. The molecule has 0 aromatic carbocycles. The fourth-order valence-corrected chi connectivity index (χ4v) is 1.84. The number of aliphatic hydroxyl groups is 1. The number of nitro groups is 1. The van der Waals surface area contributed by atoms with Gasteiger partial charge >= 0.3 is 5.69 Å². The molecule has 1 aromatic heterocycles. The third kappa shape index (κ3) is 3.42. The van der Waals surface area contributed by atoms with Crippen molar-refractivity contribution in [2.75, 3.05) is 18.5 Å². The fourth-order valence-electron chi connectivity index (χ4n) is 1.84. The zero-order valence-electron chi connectivity index (χ0n) is 11.6. The van der Waals surface area contributed by atoms with Crippen molar-refractivity contribution < 1.29 is 10.0 Å². The number of aliphatic hydroxyl groups excluding tert-OH is 1. The van der Waals surface area contributed by atoms with E-state index in [0.29, 0.717) is 6.54 Å². The Bertz CT molecular complexity index is 513. The smallest absolute Gasteiger partial charge is 0.312 e. The predicted molar refractivity (Wildman–Crippen MR) is 74.2 cm³/mol. The van der Waals surface area contributed by atoms with Crippen molar-refractivity contribution in [2.24, 2.45) is 5.41 Å². The van der Waals surface area contributed by atoms with Crippen molar-refractivity contribution in [1.82, 2.24) is 4.98 Å². The van der Waals surface area contributed by atoms with E-state index in [-0.39, 0.29) is 29.1 Å². The zero-order chi connectivity index (χ0) is 15.2. The molecule has 7 nitrogen and oxygen atoms in total. The largest absolute Gasteiger partial charge is 0.396 e. The van der Waals surface area contributed by atoms with Crippen molar-refractivity contribution >= 4 is 11.5 Å². The Morgan fingerprint density at radius 3 is 2.65 bits per heavy atom. The maximum Gasteiger partial charge on any atom is 0.312 e. The number of anilines is 1. The van der Waals surface area contributed by atoms with Gasteiger partial charge in [-0.2, -0.15) is 5.26 Å². The van der Waals surface area contributed by atoms with E-state index < -0.39 is 4.92 Å². The summed E-state index contributed by atoms with van der Waals surface area (Å²) in [5, 5.41) is 32.1. The molecule has 1 heterocycles. The molecule has 0 amide bonds. The lowest BCUT2D eigenvalue weighted by Gasteiger charge is -2.29. The van der Waals surface area contributed by atoms with Crippen LogP contribution in [0.5, 0.6) is 0 Å². The van der Waals surface area contributed by atoms with E-state index in [2.05, 4.69) is 10.3 Å². The molecular weight excluding hydrogens is 260 g/mol. The molecule has 0 saturated heterocycles. The summed E-state index contributed by atoms with van der Waals surface area (Å²) in [6, 6.07) is 3.01. The first-order valence-electron chi connectivity index (χ1n) is 6.41. The second-order valence-corrected chi connectivity index (χ2v) is 4.68. The first-order chi connectivity index (χ1) is 9.51. The molecule has 0 spiro atoms. The highest BCUT2D eigenvalue weighted by atomic mass is 16.6. The van der Waals surface area contributed by atoms with Gasteiger partial charge in [0.05, 0.1) is 17.1 Å². The molecule has 0 unspecified atom stereocenters. The summed E-state index contributed by atoms with van der Waals surface area (Å²) in [4.78, 5) is 14.3. The van der Waals surface area contributed by atoms with Gasteiger partial charge in [0.1, 0.15) is 6.07 Å². The van der Waals surface area contributed by atoms with Crippen molar-refractivity contribution in [3.8, 4) is 6.07 Å². The van der Waals surface area contributed by atoms with Crippen LogP contribution in [-0.2, 0) is 0 Å². The number of nitrogens with zero attached hydrogens (tertiary/aromatic N) is 3. The standard InChI is InChI=1S/C13H18N4O3/c1-3-13(4-2,9-18)8-16-12-11(17(19)20)5-10(6-14)7-15-12/h5,7,18H,3-4,8-9H2,1-2H3,(H,15,16). The Balaban J connectivity index is 2.98. The van der Waals surface area contributed by atoms with Crippen LogP contribution in [0.25, 0.3) is 0 Å². The molecule has 0 fully saturated rings. The van der Waals surface area contributed by atoms with Gasteiger partial charge in [0.25, 0.3) is 0 Å². The Labute approximate surface area is 117 Å². The van der Waals surface area contributed by atoms with Crippen LogP contribution in [0.4, 0.5) is 11.5 Å². The second kappa shape index (κ2) is 6.82. The lowest BCUT2D eigenvalue weighted by molar-refractivity contribution is -0.384. The van der Waals surface area contributed by atoms with Gasteiger partial charge in [0, 0.05) is 24.2 Å². The molecule has 0 atom stereocenters. The van der Waals surface area contributed by atoms with Crippen LogP contribution in [0.1, 0.15) is 32.3 Å². The van der Waals surface area contributed by atoms with E-state index in [1.54, 1.807) is 0 Å². The highest BCUT2D eigenvalue weighted by molar-refractivity contribution is 5.58. The lowest BCUT2D eigenvalue weighted by atomic mass is 9.83. The summed E-state index contributed by atoms with van der Waals surface area (Å²) in [6.45, 7) is 4.30. The average Bonchev–Trinajstić information content (AvgIpc) is 2.49. The number of rotatable bonds is 7. The number of aromatic nitrogens is 1. The molecule has 108 valence electrons. The molecule has 1 rings (SSSR count). The van der Waals surface area contributed by atoms with Crippen LogP contribution in [0.3, 0.4) is 0 Å². The minimum absolute atomic E-state index is 0.00290. The third-order valence-corrected chi connectivity index (χ3v) is 3.66. The van der Waals surface area contributed by atoms with E-state index in [4.69, 9.17) is 5.26 Å². The van der Waals surface area contributed by atoms with Gasteiger partial charge in [0.2, 0.25) is 5.82 Å². The number of hydrogen-bond donors (Lipinski definition) is 2. The van der Waals surface area contributed by atoms with Gasteiger partial charge in [0.15, 0.2) is 0 Å². The minimum Gasteiger partial charge on any atom is -0.396 e. The van der Waals surface area contributed by atoms with E-state index in [1.165, 1.54) is 12.3 Å². The molecule has 0 aliphatic carbocycles. The van der Waals surface area contributed by atoms with Crippen molar-refractivity contribution in [3.05, 3.63) is 27.9 Å². The van der Waals surface area contributed by atoms with E-state index in [0.717, 1.165) is 12.8 Å². The topological polar surface area (TPSA) is 112 Å². The normalized spacial score (nSPS) is 10.9. The summed E-state index contributed by atoms with van der Waals surface area (Å²) in [6.07, 6.45) is 2.78. The molecule has 7 heteroatoms. The highest BCUT2D eigenvalue weighted by Gasteiger charge is 2.26. The maximum atomic E-state index is 11.0. The zero-order valence-corrected chi connectivity index (χ0v) is 11.6. The molecule has 2 N–H and O–H groups in total. The average molecular weight is 278 g/mol. The predicted octanol–water partition coefficient (Wildman–Crippen LogP) is 2.07. The van der Waals surface area contributed by atoms with Crippen LogP contribution >= 0.6 is 0 Å². The van der Waals surface area contributed by atoms with Gasteiger partial charge in [-0.05, 0) is 12.8 Å². The number of hydrogen-bond acceptors (Lipinski definition) is 6. The summed E-state index contributed by atoms with van der Waals surface area (Å²) in [5.74, 6) is 0.119. The van der Waals surface area contributed by atoms with Crippen LogP contribution in [0, 0.1) is 26.9 Å². The fraction of sp³-hybridized carbons (Fsp3) is 0.538. The SMILES string of the molecule is CCC(CC)(CO)CNc1ncc(C#N)cc1[N+](=O)[O-]. The third-order valence-electron chi connectivity index (χ3n) is 3.66. The first kappa shape index (κ1) is 15.9. The first-order valence-corrected chi connectivity index (χ1v) is 6.41. The minimum atomic E-state index is -0.575. The molecule has 0 saturated carbocycles. The molecule has 0 radical (unpaired) electrons. The van der Waals surface area contributed by atoms with Crippen molar-refractivity contribution in [3.63, 3.8) is 0 Å². The van der Waals surface area contributed by atoms with Crippen LogP contribution in [0.15, 0.2) is 12.3 Å². The quantitative estimate of drug-likeness (QED) is 0.583. The summed E-state index contributed by atoms with van der Waals surface area (Å²) < 4.78 is 0. The summed E-state index contributed by atoms with van der Waals surface area (Å²) in [7, 11) is 0. The van der Waals surface area contributed by atoms with Crippen molar-refractivity contribution in [2.45, 2.75) is 26.7 Å². The van der Waals surface area contributed by atoms with Gasteiger partial charge in [-0.3, -0.25) is 10.1 Å². The van der Waals surface area contributed by atoms with Gasteiger partial charge < -0.3 is 10.4 Å². The molecular formula is C13H18N4O3. The van der Waals surface area contributed by atoms with E-state index >= 15 is 0 Å². The van der Waals surface area contributed by atoms with Crippen LogP contribution in [-0.4, -0.2) is 28.2 Å². The molecule has 1 aromatic rings. The Hall–Kier alpha value is -2.20. The number of nitrogens with one attached hydrogen (secondary N) is 1. The molecule has 0 bridgehead atoms. The van der Waals surface area contributed by atoms with Crippen LogP contribution < -0.4 is 5.32 Å². The van der Waals surface area contributed by atoms with E-state index in [1.807, 2.05) is 19.9 Å². The van der Waals surface area contributed by atoms with Gasteiger partial charge in [-0.1, -0.05) is 13.8 Å². The van der Waals surface area contributed by atoms with Gasteiger partial charge in [-0.25, -0.2) is 4.98 Å². The lowest BCUT2D eigenvalue weighted by Crippen LogP contribution is -2.32. The number of pyridine rings is 1. The number of nitriles is 1. The van der Waals surface area contributed by atoms with Gasteiger partial charge in [-0.15, -0.1) is 0 Å². The Morgan fingerprint density at radius 1 is 1.55 bits per heavy atom. The second-order valence-electron chi connectivity index (χ2n) is 4.68. The molecule has 0 aliphatic heterocycles.